The predicted molar refractivity (Wildman–Crippen MR) is 100 cm³/mol. The number of aryl methyl sites for hydroxylation is 2. The number of imidazole rings is 1. The third kappa shape index (κ3) is 2.92. The smallest absolute Gasteiger partial charge is 0.312 e. The molecule has 0 saturated carbocycles. The highest BCUT2D eigenvalue weighted by atomic mass is 32.1. The van der Waals surface area contributed by atoms with E-state index in [0.29, 0.717) is 5.13 Å². The van der Waals surface area contributed by atoms with Gasteiger partial charge >= 0.3 is 5.69 Å². The van der Waals surface area contributed by atoms with Crippen molar-refractivity contribution >= 4 is 11.3 Å². The van der Waals surface area contributed by atoms with Gasteiger partial charge < -0.3 is 4.98 Å². The second kappa shape index (κ2) is 6.14. The van der Waals surface area contributed by atoms with Gasteiger partial charge in [0.15, 0.2) is 5.13 Å². The van der Waals surface area contributed by atoms with Gasteiger partial charge in [-0.15, -0.1) is 0 Å². The maximum Gasteiger partial charge on any atom is 0.331 e. The van der Waals surface area contributed by atoms with Gasteiger partial charge in [-0.2, -0.15) is 0 Å². The van der Waals surface area contributed by atoms with Crippen LogP contribution < -0.4 is 5.69 Å². The Balaban J connectivity index is 1.97. The Bertz CT molecular complexity index is 1070. The first-order chi connectivity index (χ1) is 12.1. The van der Waals surface area contributed by atoms with Crippen molar-refractivity contribution in [3.63, 3.8) is 0 Å². The van der Waals surface area contributed by atoms with Crippen molar-refractivity contribution in [2.24, 2.45) is 0 Å². The fourth-order valence-electron chi connectivity index (χ4n) is 2.89. The molecule has 4 rings (SSSR count). The van der Waals surface area contributed by atoms with E-state index in [0.717, 1.165) is 21.7 Å². The van der Waals surface area contributed by atoms with E-state index in [1.165, 1.54) is 27.0 Å². The summed E-state index contributed by atoms with van der Waals surface area (Å²) in [5.74, 6) is 0. The van der Waals surface area contributed by atoms with Crippen molar-refractivity contribution in [2.45, 2.75) is 13.8 Å². The van der Waals surface area contributed by atoms with E-state index in [2.05, 4.69) is 42.0 Å². The van der Waals surface area contributed by atoms with E-state index in [1.54, 1.807) is 24.8 Å². The summed E-state index contributed by atoms with van der Waals surface area (Å²) in [6.45, 7) is 4.15. The molecular formula is C19H16N4OS. The van der Waals surface area contributed by atoms with Crippen molar-refractivity contribution in [2.75, 3.05) is 0 Å². The Morgan fingerprint density at radius 3 is 2.40 bits per heavy atom. The van der Waals surface area contributed by atoms with Crippen LogP contribution in [-0.4, -0.2) is 19.5 Å². The molecule has 6 heteroatoms. The summed E-state index contributed by atoms with van der Waals surface area (Å²) in [5.41, 5.74) is 5.15. The molecule has 0 saturated heterocycles. The third-order valence-electron chi connectivity index (χ3n) is 3.91. The Morgan fingerprint density at radius 1 is 1.04 bits per heavy atom. The van der Waals surface area contributed by atoms with Crippen LogP contribution in [0.15, 0.2) is 59.9 Å². The molecule has 0 unspecified atom stereocenters. The maximum absolute atomic E-state index is 12.0. The highest BCUT2D eigenvalue weighted by molar-refractivity contribution is 7.18. The van der Waals surface area contributed by atoms with Gasteiger partial charge in [-0.25, -0.2) is 14.3 Å². The Morgan fingerprint density at radius 2 is 1.76 bits per heavy atom. The zero-order valence-electron chi connectivity index (χ0n) is 13.9. The van der Waals surface area contributed by atoms with Crippen molar-refractivity contribution in [3.05, 3.63) is 76.7 Å². The first-order valence-electron chi connectivity index (χ1n) is 7.88. The SMILES string of the molecule is Cc1cc(C)cc(-c2nc(-n3cc[nH]c3=O)sc2-c2ccncc2)c1. The summed E-state index contributed by atoms with van der Waals surface area (Å²) in [7, 11) is 0. The second-order valence-corrected chi connectivity index (χ2v) is 6.90. The van der Waals surface area contributed by atoms with Crippen LogP contribution in [0.25, 0.3) is 26.8 Å². The van der Waals surface area contributed by atoms with Gasteiger partial charge in [0.25, 0.3) is 0 Å². The van der Waals surface area contributed by atoms with Crippen LogP contribution in [-0.2, 0) is 0 Å². The summed E-state index contributed by atoms with van der Waals surface area (Å²) in [4.78, 5) is 24.5. The molecule has 0 atom stereocenters. The van der Waals surface area contributed by atoms with E-state index in [9.17, 15) is 4.79 Å². The normalized spacial score (nSPS) is 11.0. The summed E-state index contributed by atoms with van der Waals surface area (Å²) in [6, 6.07) is 10.3. The van der Waals surface area contributed by atoms with Crippen molar-refractivity contribution < 1.29 is 0 Å². The first kappa shape index (κ1) is 15.5. The van der Waals surface area contributed by atoms with Crippen LogP contribution in [0, 0.1) is 13.8 Å². The molecule has 0 amide bonds. The van der Waals surface area contributed by atoms with Gasteiger partial charge in [0.2, 0.25) is 0 Å². The number of rotatable bonds is 3. The topological polar surface area (TPSA) is 63.6 Å². The molecule has 0 aliphatic heterocycles. The number of aromatic nitrogens is 4. The minimum absolute atomic E-state index is 0.193. The highest BCUT2D eigenvalue weighted by Crippen LogP contribution is 2.38. The van der Waals surface area contributed by atoms with E-state index >= 15 is 0 Å². The highest BCUT2D eigenvalue weighted by Gasteiger charge is 2.17. The minimum Gasteiger partial charge on any atom is -0.312 e. The number of thiazole rings is 1. The fourth-order valence-corrected chi connectivity index (χ4v) is 3.96. The lowest BCUT2D eigenvalue weighted by atomic mass is 10.0. The lowest BCUT2D eigenvalue weighted by molar-refractivity contribution is 0.971. The number of pyridine rings is 1. The standard InChI is InChI=1S/C19H16N4OS/c1-12-9-13(2)11-15(10-12)16-17(14-3-5-20-6-4-14)25-19(22-16)23-8-7-21-18(23)24/h3-11H,1-2H3,(H,21,24). The number of hydrogen-bond donors (Lipinski definition) is 1. The average Bonchev–Trinajstić information content (AvgIpc) is 3.21. The third-order valence-corrected chi connectivity index (χ3v) is 5.01. The monoisotopic (exact) mass is 348 g/mol. The first-order valence-corrected chi connectivity index (χ1v) is 8.70. The lowest BCUT2D eigenvalue weighted by Gasteiger charge is -2.05. The molecule has 0 bridgehead atoms. The quantitative estimate of drug-likeness (QED) is 0.609. The number of nitrogens with one attached hydrogen (secondary N) is 1. The van der Waals surface area contributed by atoms with Gasteiger partial charge in [0.05, 0.1) is 10.6 Å². The molecular weight excluding hydrogens is 332 g/mol. The van der Waals surface area contributed by atoms with Crippen molar-refractivity contribution in [3.8, 4) is 26.8 Å². The van der Waals surface area contributed by atoms with Crippen LogP contribution in [0.3, 0.4) is 0 Å². The maximum atomic E-state index is 12.0. The van der Waals surface area contributed by atoms with Gasteiger partial charge in [0.1, 0.15) is 0 Å². The predicted octanol–water partition coefficient (Wildman–Crippen LogP) is 3.97. The Hall–Kier alpha value is -2.99. The van der Waals surface area contributed by atoms with Gasteiger partial charge in [-0.3, -0.25) is 4.98 Å². The minimum atomic E-state index is -0.193. The molecule has 0 aliphatic rings. The summed E-state index contributed by atoms with van der Waals surface area (Å²) >= 11 is 1.50. The molecule has 3 heterocycles. The number of H-pyrrole nitrogens is 1. The summed E-state index contributed by atoms with van der Waals surface area (Å²) in [5, 5.41) is 0.646. The van der Waals surface area contributed by atoms with Crippen LogP contribution in [0.1, 0.15) is 11.1 Å². The molecule has 1 N–H and O–H groups in total. The summed E-state index contributed by atoms with van der Waals surface area (Å²) in [6.07, 6.45) is 6.85. The van der Waals surface area contributed by atoms with Crippen LogP contribution in [0.4, 0.5) is 0 Å². The van der Waals surface area contributed by atoms with Crippen LogP contribution >= 0.6 is 11.3 Å². The lowest BCUT2D eigenvalue weighted by Crippen LogP contribution is -2.13. The molecule has 3 aromatic heterocycles. The average molecular weight is 348 g/mol. The number of nitrogens with zero attached hydrogens (tertiary/aromatic N) is 3. The molecule has 0 aliphatic carbocycles. The largest absolute Gasteiger partial charge is 0.331 e. The fraction of sp³-hybridized carbons (Fsp3) is 0.105. The number of benzene rings is 1. The van der Waals surface area contributed by atoms with E-state index < -0.39 is 0 Å². The van der Waals surface area contributed by atoms with Gasteiger partial charge in [-0.05, 0) is 43.7 Å². The van der Waals surface area contributed by atoms with E-state index in [4.69, 9.17) is 4.98 Å². The molecule has 0 radical (unpaired) electrons. The van der Waals surface area contributed by atoms with E-state index in [-0.39, 0.29) is 5.69 Å². The number of aromatic amines is 1. The molecule has 124 valence electrons. The number of hydrogen-bond acceptors (Lipinski definition) is 4. The molecule has 5 nitrogen and oxygen atoms in total. The zero-order chi connectivity index (χ0) is 17.4. The zero-order valence-corrected chi connectivity index (χ0v) is 14.7. The molecule has 25 heavy (non-hydrogen) atoms. The van der Waals surface area contributed by atoms with E-state index in [1.807, 2.05) is 12.1 Å². The summed E-state index contributed by atoms with van der Waals surface area (Å²) < 4.78 is 1.53. The molecule has 1 aromatic carbocycles. The Labute approximate surface area is 148 Å². The van der Waals surface area contributed by atoms with Gasteiger partial charge in [0, 0.05) is 30.4 Å². The molecule has 4 aromatic rings. The Kier molecular flexibility index (Phi) is 3.82. The van der Waals surface area contributed by atoms with Crippen LogP contribution in [0.2, 0.25) is 0 Å². The van der Waals surface area contributed by atoms with Crippen molar-refractivity contribution in [1.29, 1.82) is 0 Å². The van der Waals surface area contributed by atoms with Crippen LogP contribution in [0.5, 0.6) is 0 Å². The second-order valence-electron chi connectivity index (χ2n) is 5.92. The van der Waals surface area contributed by atoms with Crippen molar-refractivity contribution in [1.82, 2.24) is 19.5 Å². The van der Waals surface area contributed by atoms with Gasteiger partial charge in [-0.1, -0.05) is 28.5 Å². The molecule has 0 fully saturated rings. The molecule has 0 spiro atoms.